The molecule has 1 aliphatic rings. The first kappa shape index (κ1) is 14.3. The average molecular weight is 264 g/mol. The molecule has 19 heavy (non-hydrogen) atoms. The molecule has 0 aliphatic heterocycles. The fraction of sp³-hybridized carbons (Fsp3) is 0.667. The second kappa shape index (κ2) is 5.47. The molecule has 1 saturated carbocycles. The van der Waals surface area contributed by atoms with Gasteiger partial charge in [0.15, 0.2) is 0 Å². The minimum Gasteiger partial charge on any atom is -0.506 e. The quantitative estimate of drug-likeness (QED) is 0.780. The van der Waals surface area contributed by atoms with E-state index in [4.69, 9.17) is 0 Å². The van der Waals surface area contributed by atoms with E-state index in [1.807, 2.05) is 0 Å². The van der Waals surface area contributed by atoms with E-state index >= 15 is 0 Å². The van der Waals surface area contributed by atoms with E-state index < -0.39 is 0 Å². The number of hydrogen-bond donors (Lipinski definition) is 3. The fourth-order valence-electron chi connectivity index (χ4n) is 2.95. The van der Waals surface area contributed by atoms with Crippen molar-refractivity contribution in [1.82, 2.24) is 10.3 Å². The molecule has 1 aromatic heterocycles. The zero-order chi connectivity index (χ0) is 14.0. The van der Waals surface area contributed by atoms with Crippen LogP contribution in [-0.2, 0) is 13.2 Å². The zero-order valence-electron chi connectivity index (χ0n) is 12.0. The predicted molar refractivity (Wildman–Crippen MR) is 74.8 cm³/mol. The Morgan fingerprint density at radius 1 is 1.47 bits per heavy atom. The van der Waals surface area contributed by atoms with Crippen molar-refractivity contribution in [2.75, 3.05) is 0 Å². The van der Waals surface area contributed by atoms with E-state index in [9.17, 15) is 10.2 Å². The standard InChI is InChI=1S/C15H24N2O2/c1-10-14(19)12(11(9-18)7-16-10)8-17-13-5-4-6-15(13,2)3/h7,13,17-19H,4-6,8-9H2,1-3H3. The van der Waals surface area contributed by atoms with Crippen molar-refractivity contribution in [3.05, 3.63) is 23.0 Å². The van der Waals surface area contributed by atoms with Crippen molar-refractivity contribution in [3.8, 4) is 5.75 Å². The van der Waals surface area contributed by atoms with Gasteiger partial charge in [-0.25, -0.2) is 0 Å². The molecule has 1 fully saturated rings. The molecule has 4 heteroatoms. The summed E-state index contributed by atoms with van der Waals surface area (Å²) in [6.07, 6.45) is 5.30. The summed E-state index contributed by atoms with van der Waals surface area (Å²) in [5.74, 6) is 0.204. The Morgan fingerprint density at radius 2 is 2.21 bits per heavy atom. The van der Waals surface area contributed by atoms with Crippen LogP contribution in [0.4, 0.5) is 0 Å². The molecule has 1 atom stereocenters. The van der Waals surface area contributed by atoms with Gasteiger partial charge in [0.1, 0.15) is 5.75 Å². The van der Waals surface area contributed by atoms with E-state index in [1.165, 1.54) is 19.3 Å². The molecule has 3 N–H and O–H groups in total. The molecule has 1 aliphatic carbocycles. The number of aryl methyl sites for hydroxylation is 1. The van der Waals surface area contributed by atoms with Gasteiger partial charge >= 0.3 is 0 Å². The van der Waals surface area contributed by atoms with Gasteiger partial charge < -0.3 is 15.5 Å². The first-order valence-electron chi connectivity index (χ1n) is 6.96. The first-order valence-corrected chi connectivity index (χ1v) is 6.96. The smallest absolute Gasteiger partial charge is 0.141 e. The van der Waals surface area contributed by atoms with Gasteiger partial charge in [-0.15, -0.1) is 0 Å². The normalized spacial score (nSPS) is 21.8. The van der Waals surface area contributed by atoms with E-state index in [0.29, 0.717) is 29.3 Å². The minimum atomic E-state index is -0.0914. The molecule has 4 nitrogen and oxygen atoms in total. The van der Waals surface area contributed by atoms with Crippen molar-refractivity contribution in [2.24, 2.45) is 5.41 Å². The number of nitrogens with one attached hydrogen (secondary N) is 1. The number of aromatic nitrogens is 1. The van der Waals surface area contributed by atoms with Crippen LogP contribution >= 0.6 is 0 Å². The highest BCUT2D eigenvalue weighted by molar-refractivity contribution is 5.40. The summed E-state index contributed by atoms with van der Waals surface area (Å²) in [4.78, 5) is 4.08. The Bertz CT molecular complexity index is 458. The largest absolute Gasteiger partial charge is 0.506 e. The maximum absolute atomic E-state index is 10.1. The number of hydrogen-bond acceptors (Lipinski definition) is 4. The fourth-order valence-corrected chi connectivity index (χ4v) is 2.95. The summed E-state index contributed by atoms with van der Waals surface area (Å²) in [6, 6.07) is 0.465. The van der Waals surface area contributed by atoms with Crippen LogP contribution in [-0.4, -0.2) is 21.2 Å². The van der Waals surface area contributed by atoms with Gasteiger partial charge in [-0.05, 0) is 25.2 Å². The van der Waals surface area contributed by atoms with Crippen LogP contribution in [0.15, 0.2) is 6.20 Å². The van der Waals surface area contributed by atoms with Crippen molar-refractivity contribution in [2.45, 2.75) is 59.2 Å². The molecule has 0 aromatic carbocycles. The lowest BCUT2D eigenvalue weighted by Crippen LogP contribution is -2.37. The van der Waals surface area contributed by atoms with Crippen LogP contribution in [0, 0.1) is 12.3 Å². The molecule has 1 aromatic rings. The van der Waals surface area contributed by atoms with E-state index in [0.717, 1.165) is 5.56 Å². The molecule has 0 radical (unpaired) electrons. The van der Waals surface area contributed by atoms with Crippen molar-refractivity contribution < 1.29 is 10.2 Å². The van der Waals surface area contributed by atoms with Gasteiger partial charge in [-0.1, -0.05) is 20.3 Å². The summed E-state index contributed by atoms with van der Waals surface area (Å²) >= 11 is 0. The van der Waals surface area contributed by atoms with Crippen molar-refractivity contribution >= 4 is 0 Å². The number of pyridine rings is 1. The Labute approximate surface area is 114 Å². The van der Waals surface area contributed by atoms with Crippen LogP contribution in [0.25, 0.3) is 0 Å². The van der Waals surface area contributed by atoms with Crippen LogP contribution < -0.4 is 5.32 Å². The second-order valence-electron chi connectivity index (χ2n) is 6.17. The number of aliphatic hydroxyl groups excluding tert-OH is 1. The van der Waals surface area contributed by atoms with Gasteiger partial charge in [-0.3, -0.25) is 4.98 Å². The second-order valence-corrected chi connectivity index (χ2v) is 6.17. The Kier molecular flexibility index (Phi) is 4.11. The predicted octanol–water partition coefficient (Wildman–Crippen LogP) is 2.26. The summed E-state index contributed by atoms with van der Waals surface area (Å²) in [5, 5.41) is 23.0. The highest BCUT2D eigenvalue weighted by Crippen LogP contribution is 2.37. The average Bonchev–Trinajstić information content (AvgIpc) is 2.70. The van der Waals surface area contributed by atoms with Gasteiger partial charge in [0.05, 0.1) is 12.3 Å². The first-order chi connectivity index (χ1) is 8.95. The van der Waals surface area contributed by atoms with Gasteiger partial charge in [0.25, 0.3) is 0 Å². The maximum atomic E-state index is 10.1. The van der Waals surface area contributed by atoms with E-state index in [-0.39, 0.29) is 12.4 Å². The van der Waals surface area contributed by atoms with Crippen LogP contribution in [0.1, 0.15) is 49.9 Å². The molecule has 1 heterocycles. The van der Waals surface area contributed by atoms with Crippen molar-refractivity contribution in [1.29, 1.82) is 0 Å². The number of aliphatic hydroxyl groups is 1. The summed E-state index contributed by atoms with van der Waals surface area (Å²) < 4.78 is 0. The van der Waals surface area contributed by atoms with Crippen LogP contribution in [0.5, 0.6) is 5.75 Å². The summed E-state index contributed by atoms with van der Waals surface area (Å²) in [5.41, 5.74) is 2.39. The molecule has 0 spiro atoms. The van der Waals surface area contributed by atoms with Gasteiger partial charge in [-0.2, -0.15) is 0 Å². The lowest BCUT2D eigenvalue weighted by molar-refractivity contribution is 0.270. The molecular formula is C15H24N2O2. The molecule has 106 valence electrons. The van der Waals surface area contributed by atoms with Crippen LogP contribution in [0.3, 0.4) is 0 Å². The molecule has 0 amide bonds. The summed E-state index contributed by atoms with van der Waals surface area (Å²) in [6.45, 7) is 6.83. The minimum absolute atomic E-state index is 0.0914. The molecular weight excluding hydrogens is 240 g/mol. The van der Waals surface area contributed by atoms with Gasteiger partial charge in [0, 0.05) is 29.9 Å². The molecule has 0 bridgehead atoms. The van der Waals surface area contributed by atoms with Crippen LogP contribution in [0.2, 0.25) is 0 Å². The van der Waals surface area contributed by atoms with Gasteiger partial charge in [0.2, 0.25) is 0 Å². The molecule has 0 saturated heterocycles. The number of nitrogens with zero attached hydrogens (tertiary/aromatic N) is 1. The molecule has 1 unspecified atom stereocenters. The number of rotatable bonds is 4. The van der Waals surface area contributed by atoms with E-state index in [1.54, 1.807) is 13.1 Å². The highest BCUT2D eigenvalue weighted by atomic mass is 16.3. The number of aromatic hydroxyl groups is 1. The summed E-state index contributed by atoms with van der Waals surface area (Å²) in [7, 11) is 0. The Balaban J connectivity index is 2.13. The zero-order valence-corrected chi connectivity index (χ0v) is 12.0. The van der Waals surface area contributed by atoms with Crippen molar-refractivity contribution in [3.63, 3.8) is 0 Å². The monoisotopic (exact) mass is 264 g/mol. The third-order valence-corrected chi connectivity index (χ3v) is 4.38. The molecule has 2 rings (SSSR count). The lowest BCUT2D eigenvalue weighted by Gasteiger charge is -2.28. The Morgan fingerprint density at radius 3 is 2.79 bits per heavy atom. The topological polar surface area (TPSA) is 65.4 Å². The third-order valence-electron chi connectivity index (χ3n) is 4.38. The third kappa shape index (κ3) is 2.90. The Hall–Kier alpha value is -1.13. The van der Waals surface area contributed by atoms with E-state index in [2.05, 4.69) is 24.1 Å². The SMILES string of the molecule is Cc1ncc(CO)c(CNC2CCCC2(C)C)c1O. The lowest BCUT2D eigenvalue weighted by atomic mass is 9.87. The highest BCUT2D eigenvalue weighted by Gasteiger charge is 2.34. The maximum Gasteiger partial charge on any atom is 0.141 e.